The molecular weight excluding hydrogens is 536 g/mol. The van der Waals surface area contributed by atoms with E-state index in [0.29, 0.717) is 12.3 Å². The zero-order valence-corrected chi connectivity index (χ0v) is 22.2. The summed E-state index contributed by atoms with van der Waals surface area (Å²) < 4.78 is 82.4. The minimum Gasteiger partial charge on any atom is -0.166 e. The molecule has 0 radical (unpaired) electrons. The normalized spacial score (nSPS) is 13.7. The van der Waals surface area contributed by atoms with Crippen LogP contribution in [0.1, 0.15) is 22.3 Å². The maximum absolute atomic E-state index is 13.7. The highest BCUT2D eigenvalue weighted by Crippen LogP contribution is 2.48. The molecule has 0 aliphatic heterocycles. The van der Waals surface area contributed by atoms with E-state index in [-0.39, 0.29) is 23.5 Å². The van der Waals surface area contributed by atoms with Gasteiger partial charge in [0.05, 0.1) is 11.1 Å². The van der Waals surface area contributed by atoms with Crippen molar-refractivity contribution < 1.29 is 26.3 Å². The minimum atomic E-state index is -4.45. The van der Waals surface area contributed by atoms with Crippen molar-refractivity contribution >= 4 is 26.5 Å². The summed E-state index contributed by atoms with van der Waals surface area (Å²) >= 11 is 0. The summed E-state index contributed by atoms with van der Waals surface area (Å²) in [5, 5.41) is 1.97. The van der Waals surface area contributed by atoms with E-state index in [1.54, 1.807) is 12.1 Å². The number of alkyl halides is 6. The lowest BCUT2D eigenvalue weighted by molar-refractivity contribution is -0.138. The molecule has 0 aliphatic rings. The van der Waals surface area contributed by atoms with Crippen LogP contribution in [0.15, 0.2) is 109 Å². The van der Waals surface area contributed by atoms with Crippen molar-refractivity contribution in [1.29, 1.82) is 0 Å². The summed E-state index contributed by atoms with van der Waals surface area (Å²) in [4.78, 5) is 0. The van der Waals surface area contributed by atoms with Gasteiger partial charge in [0.1, 0.15) is 0 Å². The predicted octanol–water partition coefficient (Wildman–Crippen LogP) is 9.04. The third kappa shape index (κ3) is 7.46. The molecule has 0 N–H and O–H groups in total. The van der Waals surface area contributed by atoms with Gasteiger partial charge in [-0.15, -0.1) is 0 Å². The van der Waals surface area contributed by atoms with Gasteiger partial charge in [0, 0.05) is 0 Å². The standard InChI is InChI=1S/C30H26F6P2/c31-29(32,33)27-17-9-7-11-23(27)21-37(25-13-3-1-4-14-25)19-20-38(26-15-5-2-6-16-26)22-24-12-8-10-18-28(24)30(34,35)36/h1-18H,19-22H2. The van der Waals surface area contributed by atoms with Crippen LogP contribution in [0.3, 0.4) is 0 Å². The van der Waals surface area contributed by atoms with Crippen LogP contribution in [0.4, 0.5) is 26.3 Å². The van der Waals surface area contributed by atoms with Gasteiger partial charge >= 0.3 is 12.4 Å². The van der Waals surface area contributed by atoms with Crippen molar-refractivity contribution in [2.75, 3.05) is 12.3 Å². The first-order chi connectivity index (χ1) is 18.1. The molecule has 0 saturated heterocycles. The first-order valence-corrected chi connectivity index (χ1v) is 15.5. The molecule has 0 amide bonds. The van der Waals surface area contributed by atoms with Gasteiger partial charge in [0.15, 0.2) is 0 Å². The molecular formula is C30H26F6P2. The SMILES string of the molecule is FC(F)(F)c1ccccc1CP(CCP(Cc1ccccc1C(F)(F)F)c1ccccc1)c1ccccc1. The Morgan fingerprint density at radius 1 is 0.421 bits per heavy atom. The van der Waals surface area contributed by atoms with E-state index in [9.17, 15) is 26.3 Å². The van der Waals surface area contributed by atoms with E-state index in [2.05, 4.69) is 0 Å². The maximum atomic E-state index is 13.7. The molecule has 0 spiro atoms. The molecule has 4 aromatic rings. The highest BCUT2D eigenvalue weighted by molar-refractivity contribution is 7.68. The maximum Gasteiger partial charge on any atom is 0.416 e. The Bertz CT molecular complexity index is 1200. The Hall–Kier alpha value is -2.68. The summed E-state index contributed by atoms with van der Waals surface area (Å²) in [6.07, 6.45) is -7.17. The molecule has 0 heterocycles. The monoisotopic (exact) mass is 562 g/mol. The first-order valence-electron chi connectivity index (χ1n) is 12.0. The molecule has 0 fully saturated rings. The highest BCUT2D eigenvalue weighted by atomic mass is 31.1. The molecule has 0 saturated carbocycles. The molecule has 8 heteroatoms. The van der Waals surface area contributed by atoms with Crippen molar-refractivity contribution in [2.45, 2.75) is 24.7 Å². The van der Waals surface area contributed by atoms with Crippen molar-refractivity contribution in [1.82, 2.24) is 0 Å². The lowest BCUT2D eigenvalue weighted by Gasteiger charge is -2.25. The van der Waals surface area contributed by atoms with Crippen LogP contribution in [0, 0.1) is 0 Å². The second kappa shape index (κ2) is 12.5. The van der Waals surface area contributed by atoms with Crippen molar-refractivity contribution in [3.63, 3.8) is 0 Å². The Kier molecular flexibility index (Phi) is 9.28. The quantitative estimate of drug-likeness (QED) is 0.141. The van der Waals surface area contributed by atoms with Crippen LogP contribution in [-0.2, 0) is 24.7 Å². The first kappa shape index (κ1) is 28.3. The summed E-state index contributed by atoms with van der Waals surface area (Å²) in [5.74, 6) is 0. The number of hydrogen-bond donors (Lipinski definition) is 0. The average molecular weight is 562 g/mol. The number of halogens is 6. The summed E-state index contributed by atoms with van der Waals surface area (Å²) in [7, 11) is -2.06. The Morgan fingerprint density at radius 2 is 0.737 bits per heavy atom. The zero-order valence-electron chi connectivity index (χ0n) is 20.4. The third-order valence-corrected chi connectivity index (χ3v) is 11.6. The summed E-state index contributed by atoms with van der Waals surface area (Å²) in [6, 6.07) is 30.3. The number of hydrogen-bond acceptors (Lipinski definition) is 0. The van der Waals surface area contributed by atoms with Gasteiger partial charge in [-0.1, -0.05) is 113 Å². The van der Waals surface area contributed by atoms with E-state index >= 15 is 0 Å². The third-order valence-electron chi connectivity index (χ3n) is 6.25. The molecule has 0 nitrogen and oxygen atoms in total. The van der Waals surface area contributed by atoms with Crippen molar-refractivity contribution in [3.05, 3.63) is 131 Å². The van der Waals surface area contributed by atoms with Gasteiger partial charge in [-0.2, -0.15) is 26.3 Å². The summed E-state index contributed by atoms with van der Waals surface area (Å²) in [6.45, 7) is 0. The molecule has 4 aromatic carbocycles. The van der Waals surface area contributed by atoms with Gasteiger partial charge in [-0.3, -0.25) is 0 Å². The van der Waals surface area contributed by atoms with Gasteiger partial charge in [0.2, 0.25) is 0 Å². The Labute approximate surface area is 221 Å². The van der Waals surface area contributed by atoms with E-state index in [4.69, 9.17) is 0 Å². The smallest absolute Gasteiger partial charge is 0.166 e. The highest BCUT2D eigenvalue weighted by Gasteiger charge is 2.35. The fourth-order valence-corrected chi connectivity index (χ4v) is 10.1. The Balaban J connectivity index is 1.64. The topological polar surface area (TPSA) is 0 Å². The number of rotatable bonds is 9. The van der Waals surface area contributed by atoms with Gasteiger partial charge < -0.3 is 0 Å². The zero-order chi connectivity index (χ0) is 27.2. The van der Waals surface area contributed by atoms with Crippen LogP contribution >= 0.6 is 15.8 Å². The molecule has 0 aliphatic carbocycles. The fourth-order valence-electron chi connectivity index (χ4n) is 4.40. The van der Waals surface area contributed by atoms with Crippen LogP contribution in [0.25, 0.3) is 0 Å². The number of benzene rings is 4. The van der Waals surface area contributed by atoms with Crippen molar-refractivity contribution in [2.24, 2.45) is 0 Å². The van der Waals surface area contributed by atoms with E-state index in [1.807, 2.05) is 60.7 Å². The van der Waals surface area contributed by atoms with Gasteiger partial charge in [0.25, 0.3) is 0 Å². The lowest BCUT2D eigenvalue weighted by Crippen LogP contribution is -2.15. The van der Waals surface area contributed by atoms with Crippen LogP contribution < -0.4 is 10.6 Å². The largest absolute Gasteiger partial charge is 0.416 e. The molecule has 38 heavy (non-hydrogen) atoms. The van der Waals surface area contributed by atoms with E-state index in [1.165, 1.54) is 24.3 Å². The molecule has 0 bridgehead atoms. The second-order valence-electron chi connectivity index (χ2n) is 8.82. The van der Waals surface area contributed by atoms with Crippen LogP contribution in [0.5, 0.6) is 0 Å². The average Bonchev–Trinajstić information content (AvgIpc) is 2.90. The summed E-state index contributed by atoms with van der Waals surface area (Å²) in [5.41, 5.74) is -0.761. The van der Waals surface area contributed by atoms with E-state index in [0.717, 1.165) is 22.7 Å². The molecule has 0 aromatic heterocycles. The second-order valence-corrected chi connectivity index (χ2v) is 13.5. The fraction of sp³-hybridized carbons (Fsp3) is 0.200. The van der Waals surface area contributed by atoms with Gasteiger partial charge in [-0.05, 0) is 58.5 Å². The lowest BCUT2D eigenvalue weighted by atomic mass is 10.1. The molecule has 2 atom stereocenters. The molecule has 198 valence electrons. The van der Waals surface area contributed by atoms with Crippen LogP contribution in [0.2, 0.25) is 0 Å². The van der Waals surface area contributed by atoms with Crippen LogP contribution in [-0.4, -0.2) is 12.3 Å². The Morgan fingerprint density at radius 3 is 1.08 bits per heavy atom. The van der Waals surface area contributed by atoms with Gasteiger partial charge in [-0.25, -0.2) is 0 Å². The van der Waals surface area contributed by atoms with Crippen molar-refractivity contribution in [3.8, 4) is 0 Å². The minimum absolute atomic E-state index is 0.251. The predicted molar refractivity (Wildman–Crippen MR) is 146 cm³/mol. The van der Waals surface area contributed by atoms with E-state index < -0.39 is 39.3 Å². The molecule has 4 rings (SSSR count). The molecule has 2 unspecified atom stereocenters.